The summed E-state index contributed by atoms with van der Waals surface area (Å²) in [5, 5.41) is 0. The fourth-order valence-corrected chi connectivity index (χ4v) is 1.57. The summed E-state index contributed by atoms with van der Waals surface area (Å²) in [5.74, 6) is 7.73. The first-order chi connectivity index (χ1) is 8.49. The molecule has 94 valence electrons. The molecule has 0 spiro atoms. The summed E-state index contributed by atoms with van der Waals surface area (Å²) in [4.78, 5) is 4.13. The molecule has 3 nitrogen and oxygen atoms in total. The highest BCUT2D eigenvalue weighted by molar-refractivity contribution is 5.53. The van der Waals surface area contributed by atoms with E-state index in [0.29, 0.717) is 5.76 Å². The van der Waals surface area contributed by atoms with E-state index in [1.54, 1.807) is 6.33 Å². The van der Waals surface area contributed by atoms with E-state index in [2.05, 4.69) is 44.5 Å². The lowest BCUT2D eigenvalue weighted by Gasteiger charge is -2.06. The van der Waals surface area contributed by atoms with E-state index in [9.17, 15) is 0 Å². The van der Waals surface area contributed by atoms with Gasteiger partial charge < -0.3 is 8.98 Å². The van der Waals surface area contributed by atoms with Crippen LogP contribution in [-0.2, 0) is 6.54 Å². The van der Waals surface area contributed by atoms with Crippen molar-refractivity contribution in [2.24, 2.45) is 5.41 Å². The molecule has 0 fully saturated rings. The molecule has 0 atom stereocenters. The van der Waals surface area contributed by atoms with E-state index in [-0.39, 0.29) is 5.41 Å². The van der Waals surface area contributed by atoms with Crippen LogP contribution < -0.4 is 0 Å². The third kappa shape index (κ3) is 2.84. The number of nitrogens with zero attached hydrogens (tertiary/aromatic N) is 2. The lowest BCUT2D eigenvalue weighted by atomic mass is 9.98. The molecule has 0 aliphatic heterocycles. The summed E-state index contributed by atoms with van der Waals surface area (Å²) in [5.41, 5.74) is 0.972. The van der Waals surface area contributed by atoms with Crippen molar-refractivity contribution in [2.75, 3.05) is 0 Å². The normalized spacial score (nSPS) is 11.1. The highest BCUT2D eigenvalue weighted by Gasteiger charge is 2.09. The smallest absolute Gasteiger partial charge is 0.177 e. The van der Waals surface area contributed by atoms with Gasteiger partial charge in [0.15, 0.2) is 11.5 Å². The highest BCUT2D eigenvalue weighted by Crippen LogP contribution is 2.21. The molecule has 0 aliphatic carbocycles. The van der Waals surface area contributed by atoms with Gasteiger partial charge in [0.25, 0.3) is 0 Å². The van der Waals surface area contributed by atoms with Crippen LogP contribution in [0.2, 0.25) is 0 Å². The molecule has 0 aliphatic rings. The van der Waals surface area contributed by atoms with E-state index in [0.717, 1.165) is 18.0 Å². The van der Waals surface area contributed by atoms with Crippen LogP contribution in [0.4, 0.5) is 0 Å². The second kappa shape index (κ2) is 4.73. The Morgan fingerprint density at radius 3 is 2.78 bits per heavy atom. The predicted molar refractivity (Wildman–Crippen MR) is 71.9 cm³/mol. The van der Waals surface area contributed by atoms with E-state index >= 15 is 0 Å². The Hall–Kier alpha value is -1.95. The number of hydrogen-bond donors (Lipinski definition) is 0. The molecule has 0 aromatic carbocycles. The third-order valence-electron chi connectivity index (χ3n) is 2.47. The molecule has 0 saturated heterocycles. The van der Waals surface area contributed by atoms with Gasteiger partial charge in [-0.15, -0.1) is 0 Å². The zero-order valence-corrected chi connectivity index (χ0v) is 11.3. The molecule has 18 heavy (non-hydrogen) atoms. The Kier molecular flexibility index (Phi) is 3.29. The number of aryl methyl sites for hydroxylation is 1. The molecular weight excluding hydrogens is 224 g/mol. The van der Waals surface area contributed by atoms with Crippen LogP contribution in [0.5, 0.6) is 0 Å². The van der Waals surface area contributed by atoms with Gasteiger partial charge in [-0.05, 0) is 45.7 Å². The first kappa shape index (κ1) is 12.5. The van der Waals surface area contributed by atoms with E-state index in [1.165, 1.54) is 0 Å². The van der Waals surface area contributed by atoms with Gasteiger partial charge in [0.2, 0.25) is 0 Å². The molecule has 2 rings (SSSR count). The highest BCUT2D eigenvalue weighted by atomic mass is 16.3. The maximum absolute atomic E-state index is 5.73. The molecule has 0 saturated carbocycles. The van der Waals surface area contributed by atoms with Crippen LogP contribution in [0.1, 0.15) is 33.5 Å². The summed E-state index contributed by atoms with van der Waals surface area (Å²) in [6.07, 6.45) is 3.61. The summed E-state index contributed by atoms with van der Waals surface area (Å²) < 4.78 is 7.77. The zero-order valence-electron chi connectivity index (χ0n) is 11.3. The van der Waals surface area contributed by atoms with Gasteiger partial charge in [-0.25, -0.2) is 4.98 Å². The number of furan rings is 1. The molecule has 3 heteroatoms. The first-order valence-electron chi connectivity index (χ1n) is 6.13. The van der Waals surface area contributed by atoms with Crippen molar-refractivity contribution >= 4 is 0 Å². The van der Waals surface area contributed by atoms with Gasteiger partial charge in [0, 0.05) is 12.0 Å². The number of hydrogen-bond acceptors (Lipinski definition) is 2. The summed E-state index contributed by atoms with van der Waals surface area (Å²) in [7, 11) is 0. The summed E-state index contributed by atoms with van der Waals surface area (Å²) >= 11 is 0. The fraction of sp³-hybridized carbons (Fsp3) is 0.400. The first-order valence-corrected chi connectivity index (χ1v) is 6.13. The monoisotopic (exact) mass is 242 g/mol. The molecule has 0 N–H and O–H groups in total. The molecule has 0 bridgehead atoms. The van der Waals surface area contributed by atoms with Gasteiger partial charge in [-0.3, -0.25) is 0 Å². The maximum atomic E-state index is 5.73. The van der Waals surface area contributed by atoms with Gasteiger partial charge in [-0.1, -0.05) is 5.92 Å². The largest absolute Gasteiger partial charge is 0.446 e. The molecular formula is C15H18N2O. The average molecular weight is 242 g/mol. The Balaban J connectivity index is 2.28. The van der Waals surface area contributed by atoms with Gasteiger partial charge >= 0.3 is 0 Å². The van der Waals surface area contributed by atoms with Gasteiger partial charge in [0.05, 0.1) is 12.5 Å². The van der Waals surface area contributed by atoms with Crippen LogP contribution in [0.3, 0.4) is 0 Å². The Bertz CT molecular complexity index is 588. The van der Waals surface area contributed by atoms with Crippen molar-refractivity contribution in [3.8, 4) is 23.3 Å². The molecule has 2 aromatic heterocycles. The Labute approximate surface area is 108 Å². The Morgan fingerprint density at radius 1 is 1.33 bits per heavy atom. The summed E-state index contributed by atoms with van der Waals surface area (Å²) in [6, 6.07) is 3.84. The fourth-order valence-electron chi connectivity index (χ4n) is 1.57. The lowest BCUT2D eigenvalue weighted by Crippen LogP contribution is -1.99. The van der Waals surface area contributed by atoms with Crippen molar-refractivity contribution in [3.05, 3.63) is 30.4 Å². The van der Waals surface area contributed by atoms with Gasteiger partial charge in [-0.2, -0.15) is 0 Å². The van der Waals surface area contributed by atoms with Crippen molar-refractivity contribution in [2.45, 2.75) is 34.2 Å². The molecule has 2 aromatic rings. The van der Waals surface area contributed by atoms with Crippen molar-refractivity contribution in [3.63, 3.8) is 0 Å². The SMILES string of the molecule is CCn1cncc1-c1ccc(C#CC(C)(C)C)o1. The van der Waals surface area contributed by atoms with E-state index < -0.39 is 0 Å². The van der Waals surface area contributed by atoms with Gasteiger partial charge in [0.1, 0.15) is 5.69 Å². The minimum Gasteiger partial charge on any atom is -0.446 e. The standard InChI is InChI=1S/C15H18N2O/c1-5-17-11-16-10-13(17)14-7-6-12(18-14)8-9-15(2,3)4/h6-7,10-11H,5H2,1-4H3. The number of rotatable bonds is 2. The van der Waals surface area contributed by atoms with Crippen LogP contribution in [0.15, 0.2) is 29.1 Å². The lowest BCUT2D eigenvalue weighted by molar-refractivity contribution is 0.553. The predicted octanol–water partition coefficient (Wildman–Crippen LogP) is 3.56. The second-order valence-corrected chi connectivity index (χ2v) is 5.23. The summed E-state index contributed by atoms with van der Waals surface area (Å²) in [6.45, 7) is 9.19. The molecule has 0 unspecified atom stereocenters. The Morgan fingerprint density at radius 2 is 2.11 bits per heavy atom. The van der Waals surface area contributed by atoms with E-state index in [4.69, 9.17) is 4.42 Å². The number of imidazole rings is 1. The third-order valence-corrected chi connectivity index (χ3v) is 2.47. The maximum Gasteiger partial charge on any atom is 0.177 e. The molecule has 2 heterocycles. The average Bonchev–Trinajstić information content (AvgIpc) is 2.93. The van der Waals surface area contributed by atoms with Crippen molar-refractivity contribution in [1.82, 2.24) is 9.55 Å². The topological polar surface area (TPSA) is 31.0 Å². The number of aromatic nitrogens is 2. The molecule has 0 amide bonds. The van der Waals surface area contributed by atoms with Crippen LogP contribution in [-0.4, -0.2) is 9.55 Å². The zero-order chi connectivity index (χ0) is 13.2. The minimum atomic E-state index is -0.0157. The quantitative estimate of drug-likeness (QED) is 0.754. The van der Waals surface area contributed by atoms with Crippen molar-refractivity contribution < 1.29 is 4.42 Å². The van der Waals surface area contributed by atoms with E-state index in [1.807, 2.05) is 22.9 Å². The van der Waals surface area contributed by atoms with Crippen molar-refractivity contribution in [1.29, 1.82) is 0 Å². The van der Waals surface area contributed by atoms with Crippen LogP contribution >= 0.6 is 0 Å². The van der Waals surface area contributed by atoms with Crippen LogP contribution in [0.25, 0.3) is 11.5 Å². The second-order valence-electron chi connectivity index (χ2n) is 5.23. The molecule has 0 radical (unpaired) electrons. The van der Waals surface area contributed by atoms with Crippen LogP contribution in [0, 0.1) is 17.3 Å². The minimum absolute atomic E-state index is 0.0157.